The van der Waals surface area contributed by atoms with Gasteiger partial charge in [-0.05, 0) is 30.7 Å². The van der Waals surface area contributed by atoms with Crippen LogP contribution >= 0.6 is 0 Å². The fourth-order valence-corrected chi connectivity index (χ4v) is 1.57. The molecule has 1 heterocycles. The van der Waals surface area contributed by atoms with E-state index in [4.69, 9.17) is 5.73 Å². The van der Waals surface area contributed by atoms with Crippen molar-refractivity contribution in [1.29, 1.82) is 0 Å². The fourth-order valence-electron chi connectivity index (χ4n) is 1.57. The van der Waals surface area contributed by atoms with Crippen molar-refractivity contribution in [2.24, 2.45) is 5.73 Å². The van der Waals surface area contributed by atoms with Gasteiger partial charge in [0, 0.05) is 23.9 Å². The first-order valence-electron chi connectivity index (χ1n) is 5.24. The van der Waals surface area contributed by atoms with Crippen LogP contribution in [-0.2, 0) is 0 Å². The molecule has 1 atom stereocenters. The van der Waals surface area contributed by atoms with E-state index in [0.29, 0.717) is 11.1 Å². The number of hydrogen-bond acceptors (Lipinski definition) is 2. The summed E-state index contributed by atoms with van der Waals surface area (Å²) in [5.41, 5.74) is 7.53. The summed E-state index contributed by atoms with van der Waals surface area (Å²) < 4.78 is 26.1. The Labute approximate surface area is 98.1 Å². The van der Waals surface area contributed by atoms with Gasteiger partial charge in [-0.1, -0.05) is 6.07 Å². The Kier molecular flexibility index (Phi) is 3.15. The molecule has 0 aliphatic carbocycles. The summed E-state index contributed by atoms with van der Waals surface area (Å²) in [6.07, 6.45) is 1.56. The molecule has 0 fully saturated rings. The second-order valence-corrected chi connectivity index (χ2v) is 3.92. The number of pyridine rings is 1. The minimum absolute atomic E-state index is 0.159. The normalized spacial score (nSPS) is 12.5. The molecule has 2 aromatic rings. The lowest BCUT2D eigenvalue weighted by Gasteiger charge is -2.06. The number of nitrogens with two attached hydrogens (primary N) is 1. The highest BCUT2D eigenvalue weighted by atomic mass is 19.1. The summed E-state index contributed by atoms with van der Waals surface area (Å²) in [4.78, 5) is 4.14. The Bertz CT molecular complexity index is 501. The lowest BCUT2D eigenvalue weighted by atomic mass is 10.1. The van der Waals surface area contributed by atoms with E-state index in [9.17, 15) is 8.78 Å². The highest BCUT2D eigenvalue weighted by Crippen LogP contribution is 2.21. The van der Waals surface area contributed by atoms with E-state index in [-0.39, 0.29) is 6.04 Å². The Morgan fingerprint density at radius 1 is 1.06 bits per heavy atom. The van der Waals surface area contributed by atoms with E-state index in [1.54, 1.807) is 18.3 Å². The van der Waals surface area contributed by atoms with Gasteiger partial charge in [0.25, 0.3) is 0 Å². The van der Waals surface area contributed by atoms with E-state index in [2.05, 4.69) is 4.98 Å². The van der Waals surface area contributed by atoms with Crippen molar-refractivity contribution < 1.29 is 8.78 Å². The van der Waals surface area contributed by atoms with E-state index in [1.807, 2.05) is 6.92 Å². The molecule has 17 heavy (non-hydrogen) atoms. The summed E-state index contributed by atoms with van der Waals surface area (Å²) in [7, 11) is 0. The van der Waals surface area contributed by atoms with E-state index < -0.39 is 11.6 Å². The van der Waals surface area contributed by atoms with Crippen molar-refractivity contribution in [2.75, 3.05) is 0 Å². The molecule has 0 amide bonds. The fraction of sp³-hybridized carbons (Fsp3) is 0.154. The number of aromatic nitrogens is 1. The third-order valence-corrected chi connectivity index (χ3v) is 2.45. The van der Waals surface area contributed by atoms with Crippen LogP contribution in [0.3, 0.4) is 0 Å². The Morgan fingerprint density at radius 2 is 1.71 bits per heavy atom. The van der Waals surface area contributed by atoms with Crippen LogP contribution in [0.1, 0.15) is 18.7 Å². The highest BCUT2D eigenvalue weighted by molar-refractivity contribution is 5.62. The van der Waals surface area contributed by atoms with Crippen molar-refractivity contribution in [2.45, 2.75) is 13.0 Å². The Hall–Kier alpha value is -1.81. The van der Waals surface area contributed by atoms with E-state index in [1.165, 1.54) is 12.1 Å². The van der Waals surface area contributed by atoms with Crippen molar-refractivity contribution in [1.82, 2.24) is 4.98 Å². The maximum Gasteiger partial charge on any atom is 0.126 e. The van der Waals surface area contributed by atoms with Gasteiger partial charge in [-0.15, -0.1) is 0 Å². The molecule has 2 N–H and O–H groups in total. The third-order valence-electron chi connectivity index (χ3n) is 2.45. The molecule has 88 valence electrons. The maximum atomic E-state index is 13.0. The molecule has 4 heteroatoms. The van der Waals surface area contributed by atoms with Crippen molar-refractivity contribution in [3.63, 3.8) is 0 Å². The van der Waals surface area contributed by atoms with Gasteiger partial charge in [0.2, 0.25) is 0 Å². The molecule has 0 saturated carbocycles. The van der Waals surface area contributed by atoms with Gasteiger partial charge in [0.05, 0.1) is 5.69 Å². The van der Waals surface area contributed by atoms with Crippen LogP contribution in [0.4, 0.5) is 8.78 Å². The molecule has 0 aliphatic heterocycles. The topological polar surface area (TPSA) is 38.9 Å². The molecular formula is C13H12F2N2. The number of hydrogen-bond donors (Lipinski definition) is 1. The SMILES string of the molecule is CC(N)c1ccc(-c2cc(F)cc(F)c2)cn1. The van der Waals surface area contributed by atoms with Crippen molar-refractivity contribution >= 4 is 0 Å². The van der Waals surface area contributed by atoms with Crippen LogP contribution in [0, 0.1) is 11.6 Å². The van der Waals surface area contributed by atoms with Crippen molar-refractivity contribution in [3.05, 3.63) is 53.9 Å². The van der Waals surface area contributed by atoms with Gasteiger partial charge >= 0.3 is 0 Å². The first kappa shape index (κ1) is 11.7. The van der Waals surface area contributed by atoms with Gasteiger partial charge < -0.3 is 5.73 Å². The number of rotatable bonds is 2. The highest BCUT2D eigenvalue weighted by Gasteiger charge is 2.05. The molecule has 0 radical (unpaired) electrons. The summed E-state index contributed by atoms with van der Waals surface area (Å²) in [5, 5.41) is 0. The zero-order valence-corrected chi connectivity index (χ0v) is 9.32. The third kappa shape index (κ3) is 2.65. The Morgan fingerprint density at radius 3 is 2.18 bits per heavy atom. The van der Waals surface area contributed by atoms with Gasteiger partial charge in [-0.3, -0.25) is 4.98 Å². The lowest BCUT2D eigenvalue weighted by Crippen LogP contribution is -2.06. The second-order valence-electron chi connectivity index (χ2n) is 3.92. The van der Waals surface area contributed by atoms with Crippen molar-refractivity contribution in [3.8, 4) is 11.1 Å². The van der Waals surface area contributed by atoms with Crippen LogP contribution in [-0.4, -0.2) is 4.98 Å². The number of benzene rings is 1. The summed E-state index contributed by atoms with van der Waals surface area (Å²) in [5.74, 6) is -1.20. The molecule has 1 aromatic heterocycles. The molecule has 2 nitrogen and oxygen atoms in total. The molecule has 0 aliphatic rings. The smallest absolute Gasteiger partial charge is 0.126 e. The van der Waals surface area contributed by atoms with E-state index >= 15 is 0 Å². The molecule has 0 bridgehead atoms. The van der Waals surface area contributed by atoms with Crippen LogP contribution in [0.15, 0.2) is 36.5 Å². The summed E-state index contributed by atoms with van der Waals surface area (Å²) in [6.45, 7) is 1.82. The van der Waals surface area contributed by atoms with Gasteiger partial charge in [-0.2, -0.15) is 0 Å². The van der Waals surface area contributed by atoms with E-state index in [0.717, 1.165) is 11.8 Å². The lowest BCUT2D eigenvalue weighted by molar-refractivity contribution is 0.584. The van der Waals surface area contributed by atoms with Crippen LogP contribution < -0.4 is 5.73 Å². The zero-order valence-electron chi connectivity index (χ0n) is 9.32. The number of halogens is 2. The maximum absolute atomic E-state index is 13.0. The van der Waals surface area contributed by atoms with Crippen LogP contribution in [0.2, 0.25) is 0 Å². The van der Waals surface area contributed by atoms with Gasteiger partial charge in [0.15, 0.2) is 0 Å². The standard InChI is InChI=1S/C13H12F2N2/c1-8(16)13-3-2-9(7-17-13)10-4-11(14)6-12(15)5-10/h2-8H,16H2,1H3. The average molecular weight is 234 g/mol. The first-order chi connectivity index (χ1) is 8.06. The quantitative estimate of drug-likeness (QED) is 0.867. The Balaban J connectivity index is 2.39. The minimum Gasteiger partial charge on any atom is -0.323 e. The van der Waals surface area contributed by atoms with Gasteiger partial charge in [-0.25, -0.2) is 8.78 Å². The van der Waals surface area contributed by atoms with Gasteiger partial charge in [0.1, 0.15) is 11.6 Å². The minimum atomic E-state index is -0.601. The zero-order chi connectivity index (χ0) is 12.4. The molecule has 1 unspecified atom stereocenters. The summed E-state index contributed by atoms with van der Waals surface area (Å²) in [6, 6.07) is 6.72. The molecule has 0 saturated heterocycles. The summed E-state index contributed by atoms with van der Waals surface area (Å²) >= 11 is 0. The predicted molar refractivity (Wildman–Crippen MR) is 62.2 cm³/mol. The average Bonchev–Trinajstić information content (AvgIpc) is 2.28. The first-order valence-corrected chi connectivity index (χ1v) is 5.24. The number of nitrogens with zero attached hydrogens (tertiary/aromatic N) is 1. The van der Waals surface area contributed by atoms with Crippen LogP contribution in [0.5, 0.6) is 0 Å². The molecular weight excluding hydrogens is 222 g/mol. The molecule has 0 spiro atoms. The largest absolute Gasteiger partial charge is 0.323 e. The van der Waals surface area contributed by atoms with Crippen LogP contribution in [0.25, 0.3) is 11.1 Å². The molecule has 2 rings (SSSR count). The molecule has 1 aromatic carbocycles. The predicted octanol–water partition coefficient (Wildman–Crippen LogP) is 3.05. The second kappa shape index (κ2) is 4.59. The monoisotopic (exact) mass is 234 g/mol.